The SMILES string of the molecule is Fc1ccc(F)c(Oc2ncc(Cl)cc2F)c1. The first-order valence-electron chi connectivity index (χ1n) is 4.50. The smallest absolute Gasteiger partial charge is 0.256 e. The molecular weight excluding hydrogens is 255 g/mol. The van der Waals surface area contributed by atoms with Crippen LogP contribution >= 0.6 is 11.6 Å². The second-order valence-corrected chi connectivity index (χ2v) is 3.55. The number of hydrogen-bond acceptors (Lipinski definition) is 2. The van der Waals surface area contributed by atoms with E-state index in [1.54, 1.807) is 0 Å². The molecule has 88 valence electrons. The molecule has 0 unspecified atom stereocenters. The molecule has 6 heteroatoms. The third-order valence-electron chi connectivity index (χ3n) is 1.87. The number of aromatic nitrogens is 1. The fourth-order valence-electron chi connectivity index (χ4n) is 1.14. The van der Waals surface area contributed by atoms with Gasteiger partial charge in [0.2, 0.25) is 0 Å². The number of pyridine rings is 1. The van der Waals surface area contributed by atoms with Crippen molar-refractivity contribution in [2.24, 2.45) is 0 Å². The molecular formula is C11H5ClF3NO. The summed E-state index contributed by atoms with van der Waals surface area (Å²) in [5, 5.41) is 0.0783. The molecule has 0 atom stereocenters. The zero-order chi connectivity index (χ0) is 12.4. The molecule has 0 saturated heterocycles. The van der Waals surface area contributed by atoms with Gasteiger partial charge in [-0.05, 0) is 18.2 Å². The lowest BCUT2D eigenvalue weighted by molar-refractivity contribution is 0.395. The summed E-state index contributed by atoms with van der Waals surface area (Å²) in [4.78, 5) is 3.53. The molecule has 0 N–H and O–H groups in total. The molecule has 0 amide bonds. The van der Waals surface area contributed by atoms with Crippen molar-refractivity contribution in [2.75, 3.05) is 0 Å². The first-order chi connectivity index (χ1) is 8.06. The second kappa shape index (κ2) is 4.63. The molecule has 2 rings (SSSR count). The molecule has 0 aliphatic heterocycles. The summed E-state index contributed by atoms with van der Waals surface area (Å²) in [6.45, 7) is 0. The number of hydrogen-bond donors (Lipinski definition) is 0. The van der Waals surface area contributed by atoms with Crippen LogP contribution in [-0.2, 0) is 0 Å². The second-order valence-electron chi connectivity index (χ2n) is 3.12. The summed E-state index contributed by atoms with van der Waals surface area (Å²) < 4.78 is 44.1. The van der Waals surface area contributed by atoms with E-state index in [1.807, 2.05) is 0 Å². The topological polar surface area (TPSA) is 22.1 Å². The Balaban J connectivity index is 2.34. The molecule has 17 heavy (non-hydrogen) atoms. The third kappa shape index (κ3) is 2.68. The van der Waals surface area contributed by atoms with Crippen LogP contribution < -0.4 is 4.74 Å². The molecule has 0 bridgehead atoms. The summed E-state index contributed by atoms with van der Waals surface area (Å²) in [5.41, 5.74) is 0. The lowest BCUT2D eigenvalue weighted by Crippen LogP contribution is -1.94. The average molecular weight is 260 g/mol. The minimum atomic E-state index is -0.860. The number of ether oxygens (including phenoxy) is 1. The van der Waals surface area contributed by atoms with Crippen LogP contribution in [0.15, 0.2) is 30.5 Å². The molecule has 0 fully saturated rings. The van der Waals surface area contributed by atoms with E-state index < -0.39 is 29.1 Å². The van der Waals surface area contributed by atoms with Crippen LogP contribution in [0.1, 0.15) is 0 Å². The quantitative estimate of drug-likeness (QED) is 0.815. The van der Waals surface area contributed by atoms with Crippen LogP contribution in [0.3, 0.4) is 0 Å². The van der Waals surface area contributed by atoms with Crippen molar-refractivity contribution in [3.63, 3.8) is 0 Å². The van der Waals surface area contributed by atoms with Crippen molar-refractivity contribution in [1.29, 1.82) is 0 Å². The Morgan fingerprint density at radius 3 is 2.53 bits per heavy atom. The Bertz CT molecular complexity index is 562. The number of benzene rings is 1. The zero-order valence-corrected chi connectivity index (χ0v) is 9.01. The minimum Gasteiger partial charge on any atom is -0.433 e. The van der Waals surface area contributed by atoms with E-state index in [9.17, 15) is 13.2 Å². The summed E-state index contributed by atoms with van der Waals surface area (Å²) in [6.07, 6.45) is 1.14. The van der Waals surface area contributed by atoms with Crippen LogP contribution in [0.4, 0.5) is 13.2 Å². The predicted octanol–water partition coefficient (Wildman–Crippen LogP) is 3.94. The highest BCUT2D eigenvalue weighted by Crippen LogP contribution is 2.26. The summed E-state index contributed by atoms with van der Waals surface area (Å²) in [7, 11) is 0. The van der Waals surface area contributed by atoms with Gasteiger partial charge >= 0.3 is 0 Å². The highest BCUT2D eigenvalue weighted by molar-refractivity contribution is 6.30. The van der Waals surface area contributed by atoms with Crippen LogP contribution in [0, 0.1) is 17.5 Å². The first-order valence-corrected chi connectivity index (χ1v) is 4.88. The van der Waals surface area contributed by atoms with E-state index in [1.165, 1.54) is 0 Å². The summed E-state index contributed by atoms with van der Waals surface area (Å²) >= 11 is 5.48. The van der Waals surface area contributed by atoms with E-state index in [0.29, 0.717) is 0 Å². The molecule has 1 heterocycles. The maximum Gasteiger partial charge on any atom is 0.256 e. The number of rotatable bonds is 2. The largest absolute Gasteiger partial charge is 0.433 e. The molecule has 2 nitrogen and oxygen atoms in total. The van der Waals surface area contributed by atoms with E-state index in [2.05, 4.69) is 4.98 Å². The first kappa shape index (κ1) is 11.7. The van der Waals surface area contributed by atoms with Crippen molar-refractivity contribution >= 4 is 11.6 Å². The molecule has 0 radical (unpaired) electrons. The van der Waals surface area contributed by atoms with Gasteiger partial charge in [-0.2, -0.15) is 0 Å². The van der Waals surface area contributed by atoms with Gasteiger partial charge < -0.3 is 4.74 Å². The molecule has 1 aromatic heterocycles. The van der Waals surface area contributed by atoms with Crippen LogP contribution in [-0.4, -0.2) is 4.98 Å². The molecule has 0 spiro atoms. The third-order valence-corrected chi connectivity index (χ3v) is 2.08. The van der Waals surface area contributed by atoms with Gasteiger partial charge in [0, 0.05) is 12.3 Å². The van der Waals surface area contributed by atoms with Crippen molar-refractivity contribution in [1.82, 2.24) is 4.98 Å². The van der Waals surface area contributed by atoms with Gasteiger partial charge in [0.25, 0.3) is 5.88 Å². The van der Waals surface area contributed by atoms with Crippen LogP contribution in [0.5, 0.6) is 11.6 Å². The van der Waals surface area contributed by atoms with Crippen LogP contribution in [0.2, 0.25) is 5.02 Å². The maximum atomic E-state index is 13.3. The van der Waals surface area contributed by atoms with E-state index in [-0.39, 0.29) is 5.02 Å². The Labute approximate surface area is 99.6 Å². The Kier molecular flexibility index (Phi) is 3.19. The van der Waals surface area contributed by atoms with Gasteiger partial charge in [0.1, 0.15) is 5.82 Å². The zero-order valence-electron chi connectivity index (χ0n) is 8.25. The fourth-order valence-corrected chi connectivity index (χ4v) is 1.28. The maximum absolute atomic E-state index is 13.3. The highest BCUT2D eigenvalue weighted by Gasteiger charge is 2.11. The predicted molar refractivity (Wildman–Crippen MR) is 55.6 cm³/mol. The van der Waals surface area contributed by atoms with Gasteiger partial charge in [-0.25, -0.2) is 18.2 Å². The van der Waals surface area contributed by atoms with E-state index in [4.69, 9.17) is 16.3 Å². The normalized spacial score (nSPS) is 10.4. The Morgan fingerprint density at radius 2 is 1.82 bits per heavy atom. The lowest BCUT2D eigenvalue weighted by atomic mass is 10.3. The van der Waals surface area contributed by atoms with Gasteiger partial charge in [-0.3, -0.25) is 0 Å². The van der Waals surface area contributed by atoms with Crippen molar-refractivity contribution in [3.8, 4) is 11.6 Å². The number of halogens is 4. The fraction of sp³-hybridized carbons (Fsp3) is 0. The van der Waals surface area contributed by atoms with Crippen molar-refractivity contribution in [3.05, 3.63) is 52.9 Å². The van der Waals surface area contributed by atoms with E-state index >= 15 is 0 Å². The molecule has 0 saturated carbocycles. The monoisotopic (exact) mass is 259 g/mol. The summed E-state index contributed by atoms with van der Waals surface area (Å²) in [6, 6.07) is 3.55. The Hall–Kier alpha value is -1.75. The van der Waals surface area contributed by atoms with Gasteiger partial charge in [-0.15, -0.1) is 0 Å². The van der Waals surface area contributed by atoms with Crippen LogP contribution in [0.25, 0.3) is 0 Å². The van der Waals surface area contributed by atoms with Crippen molar-refractivity contribution < 1.29 is 17.9 Å². The summed E-state index contributed by atoms with van der Waals surface area (Å²) in [5.74, 6) is -3.29. The van der Waals surface area contributed by atoms with Gasteiger partial charge in [0.15, 0.2) is 17.4 Å². The molecule has 0 aliphatic carbocycles. The average Bonchev–Trinajstić information content (AvgIpc) is 2.27. The Morgan fingerprint density at radius 1 is 1.06 bits per heavy atom. The standard InChI is InChI=1S/C11H5ClF3NO/c12-6-3-9(15)11(16-5-6)17-10-4-7(13)1-2-8(10)14/h1-5H. The highest BCUT2D eigenvalue weighted by atomic mass is 35.5. The lowest BCUT2D eigenvalue weighted by Gasteiger charge is -2.06. The van der Waals surface area contributed by atoms with E-state index in [0.717, 1.165) is 30.5 Å². The number of nitrogens with zero attached hydrogens (tertiary/aromatic N) is 1. The molecule has 1 aromatic carbocycles. The minimum absolute atomic E-state index is 0.0783. The molecule has 2 aromatic rings. The molecule has 0 aliphatic rings. The van der Waals surface area contributed by atoms with Gasteiger partial charge in [0.05, 0.1) is 5.02 Å². The van der Waals surface area contributed by atoms with Crippen molar-refractivity contribution in [2.45, 2.75) is 0 Å². The van der Waals surface area contributed by atoms with Gasteiger partial charge in [-0.1, -0.05) is 11.6 Å².